The highest BCUT2D eigenvalue weighted by Gasteiger charge is 2.13. The number of ether oxygens (including phenoxy) is 3. The van der Waals surface area contributed by atoms with Gasteiger partial charge >= 0.3 is 5.97 Å². The van der Waals surface area contributed by atoms with Crippen LogP contribution in [0.15, 0.2) is 53.5 Å². The Morgan fingerprint density at radius 3 is 2.41 bits per heavy atom. The molecule has 0 unspecified atom stereocenters. The molecule has 1 heterocycles. The monoisotopic (exact) mass is 476 g/mol. The van der Waals surface area contributed by atoms with E-state index in [1.54, 1.807) is 31.4 Å². The van der Waals surface area contributed by atoms with Gasteiger partial charge in [0.1, 0.15) is 12.3 Å². The van der Waals surface area contributed by atoms with Crippen LogP contribution in [0.25, 0.3) is 5.69 Å². The van der Waals surface area contributed by atoms with Crippen molar-refractivity contribution in [2.75, 3.05) is 33.5 Å². The van der Waals surface area contributed by atoms with E-state index in [9.17, 15) is 22.8 Å². The Hall–Kier alpha value is -3.50. The molecule has 2 aromatic carbocycles. The number of carbonyl (C=O) groups is 1. The highest BCUT2D eigenvalue weighted by atomic mass is 19.2. The summed E-state index contributed by atoms with van der Waals surface area (Å²) in [5.74, 6) is -4.73. The van der Waals surface area contributed by atoms with Crippen LogP contribution in [0.2, 0.25) is 0 Å². The number of hydrogen-bond acceptors (Lipinski definition) is 6. The van der Waals surface area contributed by atoms with Crippen molar-refractivity contribution < 1.29 is 32.2 Å². The summed E-state index contributed by atoms with van der Waals surface area (Å²) in [4.78, 5) is 24.3. The van der Waals surface area contributed by atoms with E-state index >= 15 is 0 Å². The quantitative estimate of drug-likeness (QED) is 0.241. The Morgan fingerprint density at radius 1 is 0.971 bits per heavy atom. The van der Waals surface area contributed by atoms with E-state index in [4.69, 9.17) is 14.2 Å². The molecule has 0 amide bonds. The van der Waals surface area contributed by atoms with E-state index < -0.39 is 23.4 Å². The summed E-state index contributed by atoms with van der Waals surface area (Å²) in [6.45, 7) is 1.26. The second kappa shape index (κ2) is 12.1. The maximum atomic E-state index is 13.6. The lowest BCUT2D eigenvalue weighted by Crippen LogP contribution is -2.17. The van der Waals surface area contributed by atoms with Gasteiger partial charge in [-0.3, -0.25) is 9.59 Å². The lowest BCUT2D eigenvalue weighted by Gasteiger charge is -2.09. The van der Waals surface area contributed by atoms with Crippen LogP contribution in [0.3, 0.4) is 0 Å². The molecule has 1 aromatic heterocycles. The molecular weight excluding hydrogens is 453 g/mol. The molecule has 0 aliphatic carbocycles. The van der Waals surface area contributed by atoms with Gasteiger partial charge in [-0.25, -0.2) is 17.9 Å². The van der Waals surface area contributed by atoms with Gasteiger partial charge in [0.25, 0.3) is 0 Å². The number of halogens is 3. The maximum Gasteiger partial charge on any atom is 0.310 e. The highest BCUT2D eigenvalue weighted by Crippen LogP contribution is 2.16. The zero-order chi connectivity index (χ0) is 24.5. The second-order valence-corrected chi connectivity index (χ2v) is 7.29. The number of methoxy groups -OCH3 is 1. The summed E-state index contributed by atoms with van der Waals surface area (Å²) in [6.07, 6.45) is 1.39. The number of hydrogen-bond donors (Lipinski definition) is 0. The minimum Gasteiger partial charge on any atom is -0.463 e. The van der Waals surface area contributed by atoms with E-state index in [-0.39, 0.29) is 42.9 Å². The van der Waals surface area contributed by atoms with Gasteiger partial charge in [-0.1, -0.05) is 24.3 Å². The van der Waals surface area contributed by atoms with Crippen molar-refractivity contribution in [2.24, 2.45) is 0 Å². The number of aromatic nitrogens is 2. The molecule has 0 spiro atoms. The van der Waals surface area contributed by atoms with Gasteiger partial charge in [-0.2, -0.15) is 5.10 Å². The molecule has 180 valence electrons. The van der Waals surface area contributed by atoms with Crippen LogP contribution >= 0.6 is 0 Å². The fourth-order valence-corrected chi connectivity index (χ4v) is 3.11. The van der Waals surface area contributed by atoms with Gasteiger partial charge in [0.2, 0.25) is 5.43 Å². The Labute approximate surface area is 193 Å². The van der Waals surface area contributed by atoms with Gasteiger partial charge in [0, 0.05) is 37.9 Å². The van der Waals surface area contributed by atoms with Gasteiger partial charge in [-0.15, -0.1) is 0 Å². The lowest BCUT2D eigenvalue weighted by molar-refractivity contribution is -0.144. The molecule has 0 saturated heterocycles. The van der Waals surface area contributed by atoms with Crippen LogP contribution in [0, 0.1) is 17.5 Å². The third-order valence-corrected chi connectivity index (χ3v) is 4.75. The number of nitrogens with zero attached hydrogens (tertiary/aromatic N) is 2. The molecule has 0 bridgehead atoms. The Kier molecular flexibility index (Phi) is 8.94. The molecule has 7 nitrogen and oxygen atoms in total. The largest absolute Gasteiger partial charge is 0.463 e. The van der Waals surface area contributed by atoms with E-state index in [2.05, 4.69) is 5.10 Å². The number of carbonyl (C=O) groups excluding carboxylic acids is 1. The molecule has 0 aliphatic heterocycles. The van der Waals surface area contributed by atoms with Crippen LogP contribution in [0.4, 0.5) is 13.2 Å². The van der Waals surface area contributed by atoms with Crippen LogP contribution in [-0.2, 0) is 31.8 Å². The third-order valence-electron chi connectivity index (χ3n) is 4.75. The van der Waals surface area contributed by atoms with E-state index in [1.807, 2.05) is 0 Å². The van der Waals surface area contributed by atoms with E-state index in [0.717, 1.165) is 16.8 Å². The smallest absolute Gasteiger partial charge is 0.310 e. The predicted octanol–water partition coefficient (Wildman–Crippen LogP) is 2.99. The molecule has 10 heteroatoms. The van der Waals surface area contributed by atoms with Crippen molar-refractivity contribution >= 4 is 5.97 Å². The molecule has 0 fully saturated rings. The lowest BCUT2D eigenvalue weighted by atomic mass is 10.0. The van der Waals surface area contributed by atoms with Crippen LogP contribution in [0.1, 0.15) is 16.8 Å². The molecular formula is C24H23F3N2O5. The van der Waals surface area contributed by atoms with Gasteiger partial charge < -0.3 is 14.2 Å². The highest BCUT2D eigenvalue weighted by molar-refractivity contribution is 5.72. The first kappa shape index (κ1) is 25.1. The van der Waals surface area contributed by atoms with Crippen molar-refractivity contribution in [3.8, 4) is 5.69 Å². The third kappa shape index (κ3) is 7.00. The van der Waals surface area contributed by atoms with Crippen molar-refractivity contribution in [2.45, 2.75) is 12.8 Å². The first-order valence-corrected chi connectivity index (χ1v) is 10.4. The first-order chi connectivity index (χ1) is 16.4. The number of esters is 1. The van der Waals surface area contributed by atoms with Crippen LogP contribution in [-0.4, -0.2) is 49.3 Å². The van der Waals surface area contributed by atoms with Crippen LogP contribution in [0.5, 0.6) is 0 Å². The summed E-state index contributed by atoms with van der Waals surface area (Å²) < 4.78 is 56.7. The summed E-state index contributed by atoms with van der Waals surface area (Å²) in [7, 11) is 1.56. The van der Waals surface area contributed by atoms with Crippen molar-refractivity contribution in [3.05, 3.63) is 93.2 Å². The molecule has 3 rings (SSSR count). The molecule has 0 aliphatic rings. The van der Waals surface area contributed by atoms with Gasteiger partial charge in [0.15, 0.2) is 17.5 Å². The SMILES string of the molecule is COCCOCCOC(=O)Cc1cccc(Cc2nn(-c3cc(F)c(F)c(F)c3)ccc2=O)c1. The molecule has 0 N–H and O–H groups in total. The maximum absolute atomic E-state index is 13.6. The minimum atomic E-state index is -1.58. The topological polar surface area (TPSA) is 79.7 Å². The zero-order valence-corrected chi connectivity index (χ0v) is 18.4. The fraction of sp³-hybridized carbons (Fsp3) is 0.292. The van der Waals surface area contributed by atoms with E-state index in [1.165, 1.54) is 12.3 Å². The van der Waals surface area contributed by atoms with Crippen LogP contribution < -0.4 is 5.43 Å². The van der Waals surface area contributed by atoms with Crippen molar-refractivity contribution in [1.82, 2.24) is 9.78 Å². The Bertz CT molecular complexity index is 1180. The fourth-order valence-electron chi connectivity index (χ4n) is 3.11. The second-order valence-electron chi connectivity index (χ2n) is 7.29. The normalized spacial score (nSPS) is 10.9. The van der Waals surface area contributed by atoms with Crippen molar-refractivity contribution in [3.63, 3.8) is 0 Å². The van der Waals surface area contributed by atoms with Gasteiger partial charge in [-0.05, 0) is 11.1 Å². The molecule has 0 saturated carbocycles. The van der Waals surface area contributed by atoms with Gasteiger partial charge in [0.05, 0.1) is 31.9 Å². The minimum absolute atomic E-state index is 0.0342. The average Bonchev–Trinajstić information content (AvgIpc) is 2.81. The summed E-state index contributed by atoms with van der Waals surface area (Å²) in [5.41, 5.74) is 1.05. The summed E-state index contributed by atoms with van der Waals surface area (Å²) in [6, 6.07) is 9.76. The predicted molar refractivity (Wildman–Crippen MR) is 116 cm³/mol. The Balaban J connectivity index is 1.66. The number of benzene rings is 2. The number of rotatable bonds is 11. The van der Waals surface area contributed by atoms with E-state index in [0.29, 0.717) is 24.3 Å². The zero-order valence-electron chi connectivity index (χ0n) is 18.4. The summed E-state index contributed by atoms with van der Waals surface area (Å²) in [5, 5.41) is 4.15. The molecule has 0 radical (unpaired) electrons. The molecule has 0 atom stereocenters. The molecule has 3 aromatic rings. The Morgan fingerprint density at radius 2 is 1.68 bits per heavy atom. The standard InChI is InChI=1S/C24H23F3N2O5/c1-32-7-8-33-9-10-34-23(31)13-17-4-2-3-16(11-17)12-21-22(30)5-6-29(28-21)18-14-19(25)24(27)20(26)15-18/h2-6,11,14-15H,7-10,12-13H2,1H3. The molecule has 34 heavy (non-hydrogen) atoms. The average molecular weight is 476 g/mol. The first-order valence-electron chi connectivity index (χ1n) is 10.4. The summed E-state index contributed by atoms with van der Waals surface area (Å²) >= 11 is 0. The van der Waals surface area contributed by atoms with Crippen molar-refractivity contribution in [1.29, 1.82) is 0 Å².